The molecule has 0 saturated carbocycles. The molecule has 1 aromatic heterocycles. The molecule has 0 aliphatic heterocycles. The molecule has 24 heavy (non-hydrogen) atoms. The van der Waals surface area contributed by atoms with Crippen molar-refractivity contribution in [3.05, 3.63) is 75.0 Å². The number of nitrogens with zero attached hydrogens (tertiary/aromatic N) is 1. The number of carbonyl (C=O) groups excluding carboxylic acids is 1. The summed E-state index contributed by atoms with van der Waals surface area (Å²) in [5.74, 6) is -1.25. The number of benzene rings is 2. The van der Waals surface area contributed by atoms with Crippen molar-refractivity contribution in [2.75, 3.05) is 5.32 Å². The van der Waals surface area contributed by atoms with Gasteiger partial charge in [0.25, 0.3) is 5.91 Å². The van der Waals surface area contributed by atoms with Gasteiger partial charge in [-0.25, -0.2) is 4.39 Å². The minimum absolute atomic E-state index is 0.00206. The molecule has 0 aliphatic carbocycles. The lowest BCUT2D eigenvalue weighted by atomic mass is 10.2. The van der Waals surface area contributed by atoms with E-state index in [4.69, 9.17) is 35.4 Å². The van der Waals surface area contributed by atoms with E-state index in [2.05, 4.69) is 10.3 Å². The van der Waals surface area contributed by atoms with E-state index in [0.717, 1.165) is 11.8 Å². The highest BCUT2D eigenvalue weighted by atomic mass is 35.5. The average Bonchev–Trinajstić information content (AvgIpc) is 2.97. The quantitative estimate of drug-likeness (QED) is 0.481. The van der Waals surface area contributed by atoms with Gasteiger partial charge in [0.05, 0.1) is 15.6 Å². The van der Waals surface area contributed by atoms with E-state index in [9.17, 15) is 9.18 Å². The van der Waals surface area contributed by atoms with Crippen molar-refractivity contribution in [2.24, 2.45) is 0 Å². The number of anilines is 1. The predicted octanol–water partition coefficient (Wildman–Crippen LogP) is 5.23. The van der Waals surface area contributed by atoms with E-state index in [1.165, 1.54) is 6.07 Å². The second kappa shape index (κ2) is 6.76. The summed E-state index contributed by atoms with van der Waals surface area (Å²) < 4.78 is 15.8. The van der Waals surface area contributed by atoms with Crippen LogP contribution in [0.5, 0.6) is 0 Å². The summed E-state index contributed by atoms with van der Waals surface area (Å²) in [6.07, 6.45) is 3.48. The Kier molecular flexibility index (Phi) is 4.71. The van der Waals surface area contributed by atoms with Crippen molar-refractivity contribution in [1.82, 2.24) is 9.55 Å². The summed E-state index contributed by atoms with van der Waals surface area (Å²) in [6, 6.07) is 9.26. The number of hydrogen-bond acceptors (Lipinski definition) is 2. The number of rotatable bonds is 3. The SMILES string of the molecule is O=C(Nc1cccc(-n2cc[nH]c2=S)c1)c1cc(F)c(Cl)cc1Cl. The topological polar surface area (TPSA) is 49.8 Å². The summed E-state index contributed by atoms with van der Waals surface area (Å²) >= 11 is 16.8. The normalized spacial score (nSPS) is 10.6. The Bertz CT molecular complexity index is 983. The van der Waals surface area contributed by atoms with Crippen LogP contribution in [0.3, 0.4) is 0 Å². The molecule has 8 heteroatoms. The van der Waals surface area contributed by atoms with Gasteiger partial charge in [0.15, 0.2) is 4.77 Å². The molecule has 0 fully saturated rings. The molecule has 122 valence electrons. The van der Waals surface area contributed by atoms with E-state index >= 15 is 0 Å². The zero-order valence-corrected chi connectivity index (χ0v) is 14.3. The monoisotopic (exact) mass is 381 g/mol. The van der Waals surface area contributed by atoms with Crippen molar-refractivity contribution in [3.8, 4) is 5.69 Å². The molecule has 0 saturated heterocycles. The third-order valence-corrected chi connectivity index (χ3v) is 4.20. The second-order valence-corrected chi connectivity index (χ2v) is 6.09. The van der Waals surface area contributed by atoms with Crippen molar-refractivity contribution in [2.45, 2.75) is 0 Å². The van der Waals surface area contributed by atoms with Gasteiger partial charge in [-0.3, -0.25) is 9.36 Å². The smallest absolute Gasteiger partial charge is 0.257 e. The molecule has 2 aromatic carbocycles. The van der Waals surface area contributed by atoms with E-state index in [-0.39, 0.29) is 15.6 Å². The maximum absolute atomic E-state index is 13.6. The number of halogens is 3. The fourth-order valence-electron chi connectivity index (χ4n) is 2.15. The lowest BCUT2D eigenvalue weighted by molar-refractivity contribution is 0.102. The number of hydrogen-bond donors (Lipinski definition) is 2. The van der Waals surface area contributed by atoms with Crippen molar-refractivity contribution in [3.63, 3.8) is 0 Å². The Morgan fingerprint density at radius 2 is 2.00 bits per heavy atom. The van der Waals surface area contributed by atoms with E-state index in [0.29, 0.717) is 10.5 Å². The molecule has 0 aliphatic rings. The van der Waals surface area contributed by atoms with Crippen LogP contribution in [0.4, 0.5) is 10.1 Å². The molecule has 0 atom stereocenters. The zero-order chi connectivity index (χ0) is 17.3. The molecule has 0 spiro atoms. The third-order valence-electron chi connectivity index (χ3n) is 3.29. The molecular weight excluding hydrogens is 372 g/mol. The van der Waals surface area contributed by atoms with Crippen molar-refractivity contribution >= 4 is 47.0 Å². The number of imidazole rings is 1. The van der Waals surface area contributed by atoms with Crippen LogP contribution in [0.15, 0.2) is 48.8 Å². The first-order valence-electron chi connectivity index (χ1n) is 6.78. The second-order valence-electron chi connectivity index (χ2n) is 4.89. The van der Waals surface area contributed by atoms with Gasteiger partial charge in [-0.05, 0) is 42.5 Å². The van der Waals surface area contributed by atoms with Crippen LogP contribution in [0, 0.1) is 10.6 Å². The van der Waals surface area contributed by atoms with Gasteiger partial charge in [-0.15, -0.1) is 0 Å². The van der Waals surface area contributed by atoms with Crippen LogP contribution in [-0.2, 0) is 0 Å². The van der Waals surface area contributed by atoms with Crippen molar-refractivity contribution in [1.29, 1.82) is 0 Å². The first-order chi connectivity index (χ1) is 11.5. The molecule has 4 nitrogen and oxygen atoms in total. The van der Waals surface area contributed by atoms with Crippen LogP contribution >= 0.6 is 35.4 Å². The number of nitrogens with one attached hydrogen (secondary N) is 2. The lowest BCUT2D eigenvalue weighted by Crippen LogP contribution is -2.13. The van der Waals surface area contributed by atoms with E-state index in [1.54, 1.807) is 35.2 Å². The summed E-state index contributed by atoms with van der Waals surface area (Å²) in [5.41, 5.74) is 1.29. The van der Waals surface area contributed by atoms with Gasteiger partial charge in [0.1, 0.15) is 5.82 Å². The maximum atomic E-state index is 13.6. The van der Waals surface area contributed by atoms with Gasteiger partial charge in [0, 0.05) is 23.8 Å². The molecular formula is C16H10Cl2FN3OS. The highest BCUT2D eigenvalue weighted by molar-refractivity contribution is 7.71. The van der Waals surface area contributed by atoms with Gasteiger partial charge in [-0.2, -0.15) is 0 Å². The summed E-state index contributed by atoms with van der Waals surface area (Å²) in [7, 11) is 0. The standard InChI is InChI=1S/C16H10Cl2FN3OS/c17-12-8-13(18)14(19)7-11(12)15(23)21-9-2-1-3-10(6-9)22-5-4-20-16(22)24/h1-8H,(H,20,24)(H,21,23). The summed E-state index contributed by atoms with van der Waals surface area (Å²) in [5, 5.41) is 2.61. The zero-order valence-electron chi connectivity index (χ0n) is 12.0. The summed E-state index contributed by atoms with van der Waals surface area (Å²) in [4.78, 5) is 15.2. The predicted molar refractivity (Wildman–Crippen MR) is 95.3 cm³/mol. The third kappa shape index (κ3) is 3.36. The average molecular weight is 382 g/mol. The first-order valence-corrected chi connectivity index (χ1v) is 7.94. The van der Waals surface area contributed by atoms with Crippen molar-refractivity contribution < 1.29 is 9.18 Å². The van der Waals surface area contributed by atoms with Crippen LogP contribution in [-0.4, -0.2) is 15.5 Å². The van der Waals surface area contributed by atoms with Gasteiger partial charge < -0.3 is 10.3 Å². The molecule has 0 radical (unpaired) electrons. The summed E-state index contributed by atoms with van der Waals surface area (Å²) in [6.45, 7) is 0. The highest BCUT2D eigenvalue weighted by Gasteiger charge is 2.14. The van der Waals surface area contributed by atoms with Crippen LogP contribution in [0.1, 0.15) is 10.4 Å². The number of aromatic nitrogens is 2. The molecule has 0 unspecified atom stereocenters. The molecule has 3 rings (SSSR count). The largest absolute Gasteiger partial charge is 0.337 e. The minimum atomic E-state index is -0.710. The molecule has 2 N–H and O–H groups in total. The van der Waals surface area contributed by atoms with Gasteiger partial charge in [-0.1, -0.05) is 29.3 Å². The minimum Gasteiger partial charge on any atom is -0.337 e. The molecule has 1 amide bonds. The van der Waals surface area contributed by atoms with Crippen LogP contribution in [0.2, 0.25) is 10.0 Å². The Morgan fingerprint density at radius 1 is 1.21 bits per heavy atom. The fraction of sp³-hybridized carbons (Fsp3) is 0. The van der Waals surface area contributed by atoms with Crippen LogP contribution in [0.25, 0.3) is 5.69 Å². The van der Waals surface area contributed by atoms with Crippen LogP contribution < -0.4 is 5.32 Å². The molecule has 3 aromatic rings. The van der Waals surface area contributed by atoms with Gasteiger partial charge in [0.2, 0.25) is 0 Å². The van der Waals surface area contributed by atoms with E-state index < -0.39 is 11.7 Å². The molecule has 1 heterocycles. The number of aromatic amines is 1. The highest BCUT2D eigenvalue weighted by Crippen LogP contribution is 2.25. The Morgan fingerprint density at radius 3 is 2.71 bits per heavy atom. The fourth-order valence-corrected chi connectivity index (χ4v) is 2.86. The van der Waals surface area contributed by atoms with E-state index in [1.807, 2.05) is 6.07 Å². The Balaban J connectivity index is 1.89. The number of carbonyl (C=O) groups is 1. The Hall–Kier alpha value is -2.15. The maximum Gasteiger partial charge on any atom is 0.257 e. The Labute approximate surface area is 151 Å². The number of H-pyrrole nitrogens is 1. The first kappa shape index (κ1) is 16.7. The molecule has 0 bridgehead atoms. The van der Waals surface area contributed by atoms with Gasteiger partial charge >= 0.3 is 0 Å². The number of amides is 1. The lowest BCUT2D eigenvalue weighted by Gasteiger charge is -2.09.